The molecule has 1 aliphatic rings. The van der Waals surface area contributed by atoms with E-state index in [2.05, 4.69) is 31.0 Å². The Labute approximate surface area is 247 Å². The molecule has 0 bridgehead atoms. The third-order valence-corrected chi connectivity index (χ3v) is 8.03. The molecule has 0 aliphatic carbocycles. The molecule has 0 unspecified atom stereocenters. The first-order chi connectivity index (χ1) is 20.9. The van der Waals surface area contributed by atoms with Crippen molar-refractivity contribution >= 4 is 17.0 Å². The van der Waals surface area contributed by atoms with Crippen LogP contribution in [0.2, 0.25) is 0 Å². The lowest BCUT2D eigenvalue weighted by molar-refractivity contribution is 0.0600. The molecule has 4 heterocycles. The fourth-order valence-electron chi connectivity index (χ4n) is 5.61. The van der Waals surface area contributed by atoms with E-state index in [0.29, 0.717) is 18.7 Å². The maximum absolute atomic E-state index is 13.9. The molecule has 0 atom stereocenters. The SMILES string of the molecule is CCn1cncc1Cn1c(CN2CCC(c3ccn(OCc4ccc(F)cc4F)n3)CC2)nc2ccc(C(=O)OC)cc21. The van der Waals surface area contributed by atoms with Crippen molar-refractivity contribution in [1.82, 2.24) is 33.9 Å². The standard InChI is InChI=1S/C31H33F2N7O3/c1-3-38-20-34-16-25(38)17-39-29-14-22(31(41)42-2)5-7-28(29)35-30(39)18-37-11-8-21(9-12-37)27-10-13-40(36-27)43-19-23-4-6-24(32)15-26(23)33/h4-7,10,13-16,20-21H,3,8-9,11-12,17-19H2,1-2H3. The number of carbonyl (C=O) groups excluding carboxylic acids is 1. The lowest BCUT2D eigenvalue weighted by atomic mass is 9.94. The minimum absolute atomic E-state index is 0.0488. The highest BCUT2D eigenvalue weighted by molar-refractivity contribution is 5.93. The van der Waals surface area contributed by atoms with Crippen molar-refractivity contribution in [2.45, 2.75) is 51.9 Å². The molecule has 0 spiro atoms. The predicted molar refractivity (Wildman–Crippen MR) is 154 cm³/mol. The second-order valence-electron chi connectivity index (χ2n) is 10.7. The number of fused-ring (bicyclic) bond motifs is 1. The van der Waals surface area contributed by atoms with Gasteiger partial charge in [-0.25, -0.2) is 23.5 Å². The molecule has 0 saturated carbocycles. The van der Waals surface area contributed by atoms with Crippen LogP contribution in [-0.4, -0.2) is 60.1 Å². The van der Waals surface area contributed by atoms with Gasteiger partial charge in [0.2, 0.25) is 0 Å². The van der Waals surface area contributed by atoms with E-state index in [1.165, 1.54) is 24.1 Å². The molecule has 3 aromatic heterocycles. The van der Waals surface area contributed by atoms with E-state index in [1.807, 2.05) is 30.7 Å². The molecule has 10 nitrogen and oxygen atoms in total. The van der Waals surface area contributed by atoms with E-state index in [4.69, 9.17) is 14.6 Å². The highest BCUT2D eigenvalue weighted by atomic mass is 19.1. The third kappa shape index (κ3) is 6.14. The molecule has 0 amide bonds. The summed E-state index contributed by atoms with van der Waals surface area (Å²) in [7, 11) is 1.38. The van der Waals surface area contributed by atoms with Gasteiger partial charge in [-0.3, -0.25) is 4.90 Å². The lowest BCUT2D eigenvalue weighted by Crippen LogP contribution is -2.33. The van der Waals surface area contributed by atoms with Crippen molar-refractivity contribution in [3.63, 3.8) is 0 Å². The van der Waals surface area contributed by atoms with E-state index in [1.54, 1.807) is 12.3 Å². The van der Waals surface area contributed by atoms with E-state index >= 15 is 0 Å². The van der Waals surface area contributed by atoms with Crippen molar-refractivity contribution < 1.29 is 23.1 Å². The number of piperidine rings is 1. The van der Waals surface area contributed by atoms with Gasteiger partial charge in [-0.05, 0) is 69.3 Å². The number of halogens is 2. The largest absolute Gasteiger partial charge is 0.465 e. The highest BCUT2D eigenvalue weighted by Crippen LogP contribution is 2.28. The van der Waals surface area contributed by atoms with Gasteiger partial charge in [0.1, 0.15) is 24.1 Å². The van der Waals surface area contributed by atoms with Gasteiger partial charge in [-0.1, -0.05) is 0 Å². The van der Waals surface area contributed by atoms with Crippen molar-refractivity contribution in [3.8, 4) is 0 Å². The maximum Gasteiger partial charge on any atom is 0.337 e. The molecular weight excluding hydrogens is 556 g/mol. The second-order valence-corrected chi connectivity index (χ2v) is 10.7. The summed E-state index contributed by atoms with van der Waals surface area (Å²) in [4.78, 5) is 30.9. The number of esters is 1. The molecule has 2 aromatic carbocycles. The number of hydrogen-bond acceptors (Lipinski definition) is 7. The highest BCUT2D eigenvalue weighted by Gasteiger charge is 2.25. The molecule has 1 saturated heterocycles. The van der Waals surface area contributed by atoms with Crippen molar-refractivity contribution in [3.05, 3.63) is 101 Å². The zero-order valence-corrected chi connectivity index (χ0v) is 24.1. The molecule has 224 valence electrons. The van der Waals surface area contributed by atoms with Gasteiger partial charge < -0.3 is 18.7 Å². The minimum Gasteiger partial charge on any atom is -0.465 e. The zero-order valence-electron chi connectivity index (χ0n) is 24.1. The number of likely N-dealkylation sites (tertiary alicyclic amines) is 1. The number of rotatable bonds is 10. The molecule has 1 fully saturated rings. The Bertz CT molecular complexity index is 1740. The molecule has 6 rings (SSSR count). The Morgan fingerprint density at radius 1 is 1.07 bits per heavy atom. The second kappa shape index (κ2) is 12.3. The molecule has 43 heavy (non-hydrogen) atoms. The fourth-order valence-corrected chi connectivity index (χ4v) is 5.61. The molecular formula is C31H33F2N7O3. The molecule has 5 aromatic rings. The first-order valence-corrected chi connectivity index (χ1v) is 14.3. The van der Waals surface area contributed by atoms with Crippen LogP contribution in [0.4, 0.5) is 8.78 Å². The first kappa shape index (κ1) is 28.5. The Morgan fingerprint density at radius 2 is 1.91 bits per heavy atom. The van der Waals surface area contributed by atoms with Crippen LogP contribution in [-0.2, 0) is 31.0 Å². The number of carbonyl (C=O) groups is 1. The lowest BCUT2D eigenvalue weighted by Gasteiger charge is -2.31. The third-order valence-electron chi connectivity index (χ3n) is 8.03. The van der Waals surface area contributed by atoms with Crippen molar-refractivity contribution in [1.29, 1.82) is 0 Å². The van der Waals surface area contributed by atoms with E-state index in [9.17, 15) is 13.6 Å². The summed E-state index contributed by atoms with van der Waals surface area (Å²) >= 11 is 0. The normalized spacial score (nSPS) is 14.4. The first-order valence-electron chi connectivity index (χ1n) is 14.3. The maximum atomic E-state index is 13.9. The van der Waals surface area contributed by atoms with Crippen molar-refractivity contribution in [2.24, 2.45) is 0 Å². The van der Waals surface area contributed by atoms with Crippen LogP contribution in [0, 0.1) is 11.6 Å². The summed E-state index contributed by atoms with van der Waals surface area (Å²) < 4.78 is 36.3. The van der Waals surface area contributed by atoms with Gasteiger partial charge in [0, 0.05) is 30.3 Å². The number of methoxy groups -OCH3 is 1. The van der Waals surface area contributed by atoms with Gasteiger partial charge in [0.25, 0.3) is 0 Å². The minimum atomic E-state index is -0.645. The number of hydrogen-bond donors (Lipinski definition) is 0. The number of imidazole rings is 2. The Balaban J connectivity index is 1.13. The Kier molecular flexibility index (Phi) is 8.19. The van der Waals surface area contributed by atoms with Crippen LogP contribution < -0.4 is 4.84 Å². The monoisotopic (exact) mass is 589 g/mol. The molecule has 0 N–H and O–H groups in total. The number of nitrogens with zero attached hydrogens (tertiary/aromatic N) is 7. The average Bonchev–Trinajstić information content (AvgIpc) is 3.76. The summed E-state index contributed by atoms with van der Waals surface area (Å²) in [5.41, 5.74) is 4.44. The van der Waals surface area contributed by atoms with Gasteiger partial charge in [-0.2, -0.15) is 0 Å². The Hall–Kier alpha value is -4.58. The average molecular weight is 590 g/mol. The van der Waals surface area contributed by atoms with Crippen LogP contribution in [0.25, 0.3) is 11.0 Å². The van der Waals surface area contributed by atoms with Gasteiger partial charge in [0.15, 0.2) is 0 Å². The molecule has 12 heteroatoms. The number of benzene rings is 2. The van der Waals surface area contributed by atoms with Crippen LogP contribution in [0.3, 0.4) is 0 Å². The smallest absolute Gasteiger partial charge is 0.337 e. The van der Waals surface area contributed by atoms with Crippen LogP contribution in [0.1, 0.15) is 58.8 Å². The van der Waals surface area contributed by atoms with Crippen LogP contribution in [0.5, 0.6) is 0 Å². The summed E-state index contributed by atoms with van der Waals surface area (Å²) in [6.07, 6.45) is 7.24. The number of aryl methyl sites for hydroxylation is 1. The molecule has 1 aliphatic heterocycles. The van der Waals surface area contributed by atoms with Gasteiger partial charge >= 0.3 is 5.97 Å². The van der Waals surface area contributed by atoms with Crippen LogP contribution in [0.15, 0.2) is 61.2 Å². The van der Waals surface area contributed by atoms with Gasteiger partial charge in [0.05, 0.1) is 60.7 Å². The number of ether oxygens (including phenoxy) is 1. The van der Waals surface area contributed by atoms with E-state index in [0.717, 1.165) is 66.8 Å². The summed E-state index contributed by atoms with van der Waals surface area (Å²) in [5, 5.41) is 4.55. The van der Waals surface area contributed by atoms with Crippen LogP contribution >= 0.6 is 0 Å². The molecule has 0 radical (unpaired) electrons. The van der Waals surface area contributed by atoms with Crippen molar-refractivity contribution in [2.75, 3.05) is 20.2 Å². The predicted octanol–water partition coefficient (Wildman–Crippen LogP) is 4.57. The van der Waals surface area contributed by atoms with Gasteiger partial charge in [-0.15, -0.1) is 9.94 Å². The number of aromatic nitrogens is 6. The summed E-state index contributed by atoms with van der Waals surface area (Å²) in [6, 6.07) is 10.8. The van der Waals surface area contributed by atoms with E-state index in [-0.39, 0.29) is 24.1 Å². The fraction of sp³-hybridized carbons (Fsp3) is 0.355. The van der Waals surface area contributed by atoms with E-state index < -0.39 is 11.6 Å². The zero-order chi connectivity index (χ0) is 29.9. The summed E-state index contributed by atoms with van der Waals surface area (Å²) in [6.45, 7) is 5.81. The summed E-state index contributed by atoms with van der Waals surface area (Å²) in [5.74, 6) is -0.461. The topological polar surface area (TPSA) is 92.2 Å². The Morgan fingerprint density at radius 3 is 2.67 bits per heavy atom. The quantitative estimate of drug-likeness (QED) is 0.221.